The van der Waals surface area contributed by atoms with Crippen molar-refractivity contribution in [1.29, 1.82) is 0 Å². The van der Waals surface area contributed by atoms with E-state index in [1.54, 1.807) is 6.92 Å². The quantitative estimate of drug-likeness (QED) is 0.875. The number of rotatable bonds is 4. The first-order valence-electron chi connectivity index (χ1n) is 6.50. The number of likely N-dealkylation sites (N-methyl/N-ethyl adjacent to an activating group) is 1. The molecule has 0 radical (unpaired) electrons. The van der Waals surface area contributed by atoms with Gasteiger partial charge in [0.15, 0.2) is 0 Å². The highest BCUT2D eigenvalue weighted by molar-refractivity contribution is 5.94. The summed E-state index contributed by atoms with van der Waals surface area (Å²) in [4.78, 5) is 14.3. The first-order valence-corrected chi connectivity index (χ1v) is 6.50. The molecule has 0 bridgehead atoms. The van der Waals surface area contributed by atoms with Gasteiger partial charge in [-0.25, -0.2) is 0 Å². The van der Waals surface area contributed by atoms with Gasteiger partial charge < -0.3 is 19.5 Å². The maximum Gasteiger partial charge on any atom is 0.256 e. The molecule has 106 valence electrons. The van der Waals surface area contributed by atoms with Crippen molar-refractivity contribution in [2.45, 2.75) is 25.3 Å². The summed E-state index contributed by atoms with van der Waals surface area (Å²) in [7, 11) is 4.09. The molecule has 0 aromatic carbocycles. The lowest BCUT2D eigenvalue weighted by Gasteiger charge is -2.42. The zero-order valence-corrected chi connectivity index (χ0v) is 11.7. The molecule has 1 saturated heterocycles. The summed E-state index contributed by atoms with van der Waals surface area (Å²) >= 11 is 0. The molecule has 1 aliphatic rings. The monoisotopic (exact) mass is 267 g/mol. The van der Waals surface area contributed by atoms with Gasteiger partial charge >= 0.3 is 0 Å². The van der Waals surface area contributed by atoms with Crippen molar-refractivity contribution in [1.82, 2.24) is 15.4 Å². The molecule has 1 amide bonds. The van der Waals surface area contributed by atoms with E-state index in [9.17, 15) is 4.79 Å². The van der Waals surface area contributed by atoms with Crippen molar-refractivity contribution >= 4 is 5.91 Å². The van der Waals surface area contributed by atoms with E-state index in [1.807, 2.05) is 14.1 Å². The smallest absolute Gasteiger partial charge is 0.256 e. The van der Waals surface area contributed by atoms with Gasteiger partial charge in [-0.3, -0.25) is 4.79 Å². The van der Waals surface area contributed by atoms with Crippen LogP contribution in [0.25, 0.3) is 0 Å². The molecule has 0 spiro atoms. The van der Waals surface area contributed by atoms with Gasteiger partial charge in [-0.2, -0.15) is 0 Å². The zero-order valence-electron chi connectivity index (χ0n) is 11.7. The molecule has 0 saturated carbocycles. The Labute approximate surface area is 113 Å². The summed E-state index contributed by atoms with van der Waals surface area (Å²) in [5.74, 6) is 0.412. The number of carbonyl (C=O) groups excluding carboxylic acids is 1. The van der Waals surface area contributed by atoms with E-state index in [0.29, 0.717) is 17.9 Å². The van der Waals surface area contributed by atoms with Gasteiger partial charge in [0.05, 0.1) is 6.20 Å². The van der Waals surface area contributed by atoms with Crippen molar-refractivity contribution in [3.8, 4) is 0 Å². The number of carbonyl (C=O) groups is 1. The van der Waals surface area contributed by atoms with Crippen molar-refractivity contribution < 1.29 is 14.1 Å². The van der Waals surface area contributed by atoms with Gasteiger partial charge in [0.25, 0.3) is 5.91 Å². The molecule has 6 heteroatoms. The van der Waals surface area contributed by atoms with Crippen molar-refractivity contribution in [3.63, 3.8) is 0 Å². The maximum absolute atomic E-state index is 12.1. The SMILES string of the molecule is Cc1oncc1C(=O)NCC1(N(C)C)CCOCC1. The van der Waals surface area contributed by atoms with Crippen molar-refractivity contribution in [3.05, 3.63) is 17.5 Å². The first-order chi connectivity index (χ1) is 9.05. The highest BCUT2D eigenvalue weighted by Crippen LogP contribution is 2.25. The molecule has 1 N–H and O–H groups in total. The van der Waals surface area contributed by atoms with Crippen molar-refractivity contribution in [2.24, 2.45) is 0 Å². The van der Waals surface area contributed by atoms with Crippen LogP contribution in [0.5, 0.6) is 0 Å². The predicted octanol–water partition coefficient (Wildman–Crippen LogP) is 0.824. The molecule has 1 aromatic rings. The largest absolute Gasteiger partial charge is 0.381 e. The van der Waals surface area contributed by atoms with Crippen LogP contribution in [0.4, 0.5) is 0 Å². The molecule has 2 rings (SSSR count). The van der Waals surface area contributed by atoms with E-state index in [2.05, 4.69) is 15.4 Å². The third-order valence-corrected chi connectivity index (χ3v) is 3.95. The standard InChI is InChI=1S/C13H21N3O3/c1-10-11(8-15-19-10)12(17)14-9-13(16(2)3)4-6-18-7-5-13/h8H,4-7,9H2,1-3H3,(H,14,17). The molecule has 6 nitrogen and oxygen atoms in total. The summed E-state index contributed by atoms with van der Waals surface area (Å²) in [6, 6.07) is 0. The molecule has 1 aliphatic heterocycles. The van der Waals surface area contributed by atoms with Crippen LogP contribution in [-0.2, 0) is 4.74 Å². The Bertz CT molecular complexity index is 436. The third-order valence-electron chi connectivity index (χ3n) is 3.95. The van der Waals surface area contributed by atoms with Crippen LogP contribution in [0, 0.1) is 6.92 Å². The number of nitrogens with zero attached hydrogens (tertiary/aromatic N) is 2. The first kappa shape index (κ1) is 14.0. The molecular formula is C13H21N3O3. The zero-order chi connectivity index (χ0) is 13.9. The Balaban J connectivity index is 1.99. The van der Waals surface area contributed by atoms with Gasteiger partial charge in [-0.05, 0) is 33.9 Å². The molecule has 0 unspecified atom stereocenters. The van der Waals surface area contributed by atoms with Crippen LogP contribution in [0.1, 0.15) is 29.0 Å². The van der Waals surface area contributed by atoms with Gasteiger partial charge in [0, 0.05) is 25.3 Å². The second kappa shape index (κ2) is 5.71. The average Bonchev–Trinajstić information content (AvgIpc) is 2.83. The minimum absolute atomic E-state index is 0.0288. The van der Waals surface area contributed by atoms with Gasteiger partial charge in [-0.15, -0.1) is 0 Å². The molecule has 1 fully saturated rings. The molecule has 0 atom stereocenters. The topological polar surface area (TPSA) is 67.6 Å². The van der Waals surface area contributed by atoms with E-state index in [1.165, 1.54) is 6.20 Å². The Hall–Kier alpha value is -1.40. The van der Waals surface area contributed by atoms with Gasteiger partial charge in [0.1, 0.15) is 11.3 Å². The summed E-state index contributed by atoms with van der Waals surface area (Å²) in [5, 5.41) is 6.61. The van der Waals surface area contributed by atoms with Crippen LogP contribution in [0.3, 0.4) is 0 Å². The number of aryl methyl sites for hydroxylation is 1. The van der Waals surface area contributed by atoms with Crippen molar-refractivity contribution in [2.75, 3.05) is 33.9 Å². The van der Waals surface area contributed by atoms with Crippen LogP contribution in [-0.4, -0.2) is 55.4 Å². The van der Waals surface area contributed by atoms with E-state index in [0.717, 1.165) is 26.1 Å². The highest BCUT2D eigenvalue weighted by Gasteiger charge is 2.35. The lowest BCUT2D eigenvalue weighted by Crippen LogP contribution is -2.55. The number of ether oxygens (including phenoxy) is 1. The molecule has 19 heavy (non-hydrogen) atoms. The molecule has 0 aliphatic carbocycles. The number of amides is 1. The fourth-order valence-electron chi connectivity index (χ4n) is 2.39. The Kier molecular flexibility index (Phi) is 4.21. The minimum atomic E-state index is -0.133. The summed E-state index contributed by atoms with van der Waals surface area (Å²) in [6.07, 6.45) is 3.29. The second-order valence-corrected chi connectivity index (χ2v) is 5.21. The number of hydrogen-bond donors (Lipinski definition) is 1. The van der Waals surface area contributed by atoms with Gasteiger partial charge in [0.2, 0.25) is 0 Å². The molecule has 2 heterocycles. The van der Waals surface area contributed by atoms with E-state index >= 15 is 0 Å². The average molecular weight is 267 g/mol. The third kappa shape index (κ3) is 2.96. The number of aromatic nitrogens is 1. The highest BCUT2D eigenvalue weighted by atomic mass is 16.5. The normalized spacial score (nSPS) is 18.5. The van der Waals surface area contributed by atoms with Crippen LogP contribution >= 0.6 is 0 Å². The maximum atomic E-state index is 12.1. The summed E-state index contributed by atoms with van der Waals surface area (Å²) in [6.45, 7) is 3.81. The van der Waals surface area contributed by atoms with Crippen LogP contribution in [0.2, 0.25) is 0 Å². The lowest BCUT2D eigenvalue weighted by atomic mass is 9.88. The Morgan fingerprint density at radius 1 is 1.47 bits per heavy atom. The van der Waals surface area contributed by atoms with Crippen LogP contribution in [0.15, 0.2) is 10.7 Å². The Morgan fingerprint density at radius 3 is 2.68 bits per heavy atom. The fourth-order valence-corrected chi connectivity index (χ4v) is 2.39. The second-order valence-electron chi connectivity index (χ2n) is 5.21. The summed E-state index contributed by atoms with van der Waals surface area (Å²) < 4.78 is 10.3. The molecule has 1 aromatic heterocycles. The lowest BCUT2D eigenvalue weighted by molar-refractivity contribution is -0.00658. The van der Waals surface area contributed by atoms with E-state index < -0.39 is 0 Å². The summed E-state index contributed by atoms with van der Waals surface area (Å²) in [5.41, 5.74) is 0.472. The van der Waals surface area contributed by atoms with E-state index in [4.69, 9.17) is 9.26 Å². The minimum Gasteiger partial charge on any atom is -0.381 e. The predicted molar refractivity (Wildman–Crippen MR) is 70.0 cm³/mol. The fraction of sp³-hybridized carbons (Fsp3) is 0.692. The number of hydrogen-bond acceptors (Lipinski definition) is 5. The van der Waals surface area contributed by atoms with E-state index in [-0.39, 0.29) is 11.4 Å². The van der Waals surface area contributed by atoms with Crippen LogP contribution < -0.4 is 5.32 Å². The Morgan fingerprint density at radius 2 is 2.16 bits per heavy atom. The van der Waals surface area contributed by atoms with Gasteiger partial charge in [-0.1, -0.05) is 5.16 Å². The molecular weight excluding hydrogens is 246 g/mol. The number of nitrogens with one attached hydrogen (secondary N) is 1.